The molecule has 4 nitrogen and oxygen atoms in total. The molecule has 0 amide bonds. The topological polar surface area (TPSA) is 36.9 Å². The summed E-state index contributed by atoms with van der Waals surface area (Å²) in [6.45, 7) is 25.4. The van der Waals surface area contributed by atoms with Gasteiger partial charge in [0.25, 0.3) is 0 Å². The summed E-state index contributed by atoms with van der Waals surface area (Å²) in [5, 5.41) is 0. The summed E-state index contributed by atoms with van der Waals surface area (Å²) in [5.41, 5.74) is -1.06. The van der Waals surface area contributed by atoms with Crippen molar-refractivity contribution in [1.29, 1.82) is 0 Å². The minimum Gasteiger partial charge on any atom is -0.227 e. The van der Waals surface area contributed by atoms with Gasteiger partial charge >= 0.3 is 0 Å². The summed E-state index contributed by atoms with van der Waals surface area (Å²) in [4.78, 5) is 24.1. The van der Waals surface area contributed by atoms with Crippen LogP contribution in [0.1, 0.15) is 122 Å². The van der Waals surface area contributed by atoms with E-state index in [1.165, 1.54) is 0 Å². The van der Waals surface area contributed by atoms with Gasteiger partial charge in [0.1, 0.15) is 11.2 Å². The average molecular weight is 389 g/mol. The summed E-state index contributed by atoms with van der Waals surface area (Å²) < 4.78 is 0. The number of hydrogen-bond donors (Lipinski definition) is 0. The fourth-order valence-electron chi connectivity index (χ4n) is 1.94. The molecule has 0 spiro atoms. The van der Waals surface area contributed by atoms with E-state index in [4.69, 9.17) is 19.6 Å². The van der Waals surface area contributed by atoms with Gasteiger partial charge in [-0.05, 0) is 44.9 Å². The summed E-state index contributed by atoms with van der Waals surface area (Å²) in [6.07, 6.45) is 5.67. The van der Waals surface area contributed by atoms with Crippen LogP contribution in [0.4, 0.5) is 0 Å². The molecule has 0 heterocycles. The van der Waals surface area contributed by atoms with Crippen LogP contribution in [-0.4, -0.2) is 17.0 Å². The highest BCUT2D eigenvalue weighted by Gasteiger charge is 2.43. The Morgan fingerprint density at radius 1 is 0.481 bits per heavy atom. The van der Waals surface area contributed by atoms with Crippen LogP contribution in [-0.2, 0) is 19.6 Å². The molecule has 0 aromatic heterocycles. The molecule has 0 saturated carbocycles. The van der Waals surface area contributed by atoms with Gasteiger partial charge in [-0.2, -0.15) is 9.78 Å². The van der Waals surface area contributed by atoms with E-state index in [0.29, 0.717) is 0 Å². The normalized spacial score (nSPS) is 14.7. The molecule has 164 valence electrons. The smallest absolute Gasteiger partial charge is 0.227 e. The van der Waals surface area contributed by atoms with E-state index in [0.717, 1.165) is 38.5 Å². The Bertz CT molecular complexity index is 383. The van der Waals surface area contributed by atoms with Crippen LogP contribution in [0, 0.1) is 10.8 Å². The minimum atomic E-state index is -0.894. The first kappa shape index (κ1) is 26.8. The van der Waals surface area contributed by atoms with Gasteiger partial charge in [0, 0.05) is 12.8 Å². The zero-order valence-electron chi connectivity index (χ0n) is 20.4. The van der Waals surface area contributed by atoms with Crippen molar-refractivity contribution in [3.05, 3.63) is 0 Å². The first-order chi connectivity index (χ1) is 12.0. The van der Waals surface area contributed by atoms with Gasteiger partial charge in [-0.3, -0.25) is 0 Å². The predicted molar refractivity (Wildman–Crippen MR) is 113 cm³/mol. The molecular formula is C23H48O4. The molecule has 27 heavy (non-hydrogen) atoms. The standard InChI is InChI=1S/C23H48O4/c1-13-15-16-18-23(17-14-2,26-24-21(9,10)19(3,4)5)27-25-22(11,12)20(6,7)8/h13-18H2,1-12H3. The van der Waals surface area contributed by atoms with E-state index >= 15 is 0 Å². The molecule has 0 atom stereocenters. The van der Waals surface area contributed by atoms with Crippen molar-refractivity contribution < 1.29 is 19.6 Å². The van der Waals surface area contributed by atoms with E-state index in [1.807, 2.05) is 0 Å². The van der Waals surface area contributed by atoms with Crippen molar-refractivity contribution in [1.82, 2.24) is 0 Å². The Kier molecular flexibility index (Phi) is 9.99. The Hall–Kier alpha value is -0.160. The molecule has 0 saturated heterocycles. The predicted octanol–water partition coefficient (Wildman–Crippen LogP) is 7.61. The minimum absolute atomic E-state index is 0.0695. The van der Waals surface area contributed by atoms with Crippen LogP contribution < -0.4 is 0 Å². The van der Waals surface area contributed by atoms with E-state index in [-0.39, 0.29) is 10.8 Å². The van der Waals surface area contributed by atoms with Gasteiger partial charge < -0.3 is 0 Å². The molecule has 0 aliphatic rings. The largest absolute Gasteiger partial charge is 0.234 e. The Labute approximate surface area is 169 Å². The maximum Gasteiger partial charge on any atom is 0.234 e. The van der Waals surface area contributed by atoms with E-state index in [1.54, 1.807) is 0 Å². The third-order valence-corrected chi connectivity index (χ3v) is 6.21. The lowest BCUT2D eigenvalue weighted by Gasteiger charge is -2.43. The summed E-state index contributed by atoms with van der Waals surface area (Å²) >= 11 is 0. The molecule has 0 aromatic carbocycles. The molecule has 4 heteroatoms. The van der Waals surface area contributed by atoms with Crippen molar-refractivity contribution in [2.75, 3.05) is 0 Å². The van der Waals surface area contributed by atoms with E-state index < -0.39 is 17.0 Å². The number of hydrogen-bond acceptors (Lipinski definition) is 4. The van der Waals surface area contributed by atoms with Crippen LogP contribution in [0.25, 0.3) is 0 Å². The maximum atomic E-state index is 6.07. The molecule has 0 unspecified atom stereocenters. The van der Waals surface area contributed by atoms with Gasteiger partial charge in [0.15, 0.2) is 0 Å². The lowest BCUT2D eigenvalue weighted by atomic mass is 9.79. The first-order valence-electron chi connectivity index (χ1n) is 10.8. The zero-order chi connectivity index (χ0) is 21.6. The van der Waals surface area contributed by atoms with Crippen molar-refractivity contribution in [3.63, 3.8) is 0 Å². The molecule has 0 radical (unpaired) electrons. The molecule has 0 rings (SSSR count). The lowest BCUT2D eigenvalue weighted by molar-refractivity contribution is -0.554. The summed E-state index contributed by atoms with van der Waals surface area (Å²) in [6, 6.07) is 0. The number of rotatable bonds is 12. The van der Waals surface area contributed by atoms with Gasteiger partial charge in [-0.15, -0.1) is 0 Å². The quantitative estimate of drug-likeness (QED) is 0.149. The first-order valence-corrected chi connectivity index (χ1v) is 10.8. The van der Waals surface area contributed by atoms with E-state index in [9.17, 15) is 0 Å². The average Bonchev–Trinajstić information content (AvgIpc) is 2.49. The van der Waals surface area contributed by atoms with Gasteiger partial charge in [0.05, 0.1) is 0 Å². The molecule has 0 aliphatic carbocycles. The molecule has 0 aromatic rings. The lowest BCUT2D eigenvalue weighted by Crippen LogP contribution is -2.47. The monoisotopic (exact) mass is 388 g/mol. The summed E-state index contributed by atoms with van der Waals surface area (Å²) in [7, 11) is 0. The van der Waals surface area contributed by atoms with Gasteiger partial charge in [-0.1, -0.05) is 74.7 Å². The molecule has 0 aliphatic heterocycles. The van der Waals surface area contributed by atoms with Crippen LogP contribution in [0.15, 0.2) is 0 Å². The maximum absolute atomic E-state index is 6.07. The van der Waals surface area contributed by atoms with Crippen molar-refractivity contribution in [2.24, 2.45) is 10.8 Å². The fourth-order valence-corrected chi connectivity index (χ4v) is 1.94. The molecule has 0 bridgehead atoms. The summed E-state index contributed by atoms with van der Waals surface area (Å²) in [5.74, 6) is -0.894. The second-order valence-corrected chi connectivity index (χ2v) is 11.0. The molecular weight excluding hydrogens is 340 g/mol. The Balaban J connectivity index is 5.45. The molecule has 0 N–H and O–H groups in total. The van der Waals surface area contributed by atoms with Crippen LogP contribution >= 0.6 is 0 Å². The van der Waals surface area contributed by atoms with Crippen molar-refractivity contribution in [3.8, 4) is 0 Å². The highest BCUT2D eigenvalue weighted by molar-refractivity contribution is 4.84. The molecule has 0 fully saturated rings. The van der Waals surface area contributed by atoms with Crippen molar-refractivity contribution >= 4 is 0 Å². The zero-order valence-corrected chi connectivity index (χ0v) is 20.4. The second-order valence-electron chi connectivity index (χ2n) is 11.0. The third kappa shape index (κ3) is 8.39. The number of unbranched alkanes of at least 4 members (excludes halogenated alkanes) is 2. The van der Waals surface area contributed by atoms with Gasteiger partial charge in [0.2, 0.25) is 5.79 Å². The Morgan fingerprint density at radius 2 is 0.889 bits per heavy atom. The highest BCUT2D eigenvalue weighted by atomic mass is 17.3. The van der Waals surface area contributed by atoms with Gasteiger partial charge in [-0.25, -0.2) is 9.78 Å². The van der Waals surface area contributed by atoms with Crippen molar-refractivity contribution in [2.45, 2.75) is 139 Å². The van der Waals surface area contributed by atoms with E-state index in [2.05, 4.69) is 83.1 Å². The highest BCUT2D eigenvalue weighted by Crippen LogP contribution is 2.39. The second kappa shape index (κ2) is 10.0. The fraction of sp³-hybridized carbons (Fsp3) is 1.00. The van der Waals surface area contributed by atoms with Crippen LogP contribution in [0.2, 0.25) is 0 Å². The SMILES string of the molecule is CCCCCC(CCC)(OOC(C)(C)C(C)(C)C)OOC(C)(C)C(C)(C)C. The van der Waals surface area contributed by atoms with Crippen LogP contribution in [0.5, 0.6) is 0 Å². The van der Waals surface area contributed by atoms with Crippen LogP contribution in [0.3, 0.4) is 0 Å². The Morgan fingerprint density at radius 3 is 1.19 bits per heavy atom. The third-order valence-electron chi connectivity index (χ3n) is 6.21.